The van der Waals surface area contributed by atoms with Gasteiger partial charge >= 0.3 is 0 Å². The molecule has 0 aliphatic heterocycles. The van der Waals surface area contributed by atoms with Crippen molar-refractivity contribution in [2.24, 2.45) is 7.05 Å². The van der Waals surface area contributed by atoms with Crippen molar-refractivity contribution in [1.82, 2.24) is 14.8 Å². The Kier molecular flexibility index (Phi) is 4.84. The number of carbonyl (C=O) groups excluding carboxylic acids is 1. The Morgan fingerprint density at radius 2 is 2.12 bits per heavy atom. The van der Waals surface area contributed by atoms with Gasteiger partial charge in [-0.2, -0.15) is 0 Å². The van der Waals surface area contributed by atoms with Crippen LogP contribution in [0.2, 0.25) is 0 Å². The first kappa shape index (κ1) is 17.2. The summed E-state index contributed by atoms with van der Waals surface area (Å²) in [6.45, 7) is 1.64. The van der Waals surface area contributed by atoms with E-state index in [2.05, 4.69) is 15.5 Å². The van der Waals surface area contributed by atoms with Crippen LogP contribution in [0.1, 0.15) is 6.92 Å². The number of anilines is 1. The molecular formula is C16H14F2N4O2S. The Morgan fingerprint density at radius 1 is 1.32 bits per heavy atom. The third kappa shape index (κ3) is 3.71. The van der Waals surface area contributed by atoms with Crippen molar-refractivity contribution in [3.8, 4) is 11.6 Å². The zero-order valence-corrected chi connectivity index (χ0v) is 14.2. The first-order chi connectivity index (χ1) is 12.0. The molecule has 1 atom stereocenters. The summed E-state index contributed by atoms with van der Waals surface area (Å²) in [6, 6.07) is 6.36. The molecule has 1 unspecified atom stereocenters. The lowest BCUT2D eigenvalue weighted by atomic mass is 10.3. The van der Waals surface area contributed by atoms with Crippen LogP contribution in [-0.2, 0) is 11.8 Å². The number of furan rings is 1. The second-order valence-electron chi connectivity index (χ2n) is 5.22. The molecule has 6 nitrogen and oxygen atoms in total. The minimum atomic E-state index is -0.703. The normalized spacial score (nSPS) is 12.2. The largest absolute Gasteiger partial charge is 0.461 e. The Morgan fingerprint density at radius 3 is 2.84 bits per heavy atom. The molecule has 1 N–H and O–H groups in total. The average Bonchev–Trinajstić information content (AvgIpc) is 3.21. The predicted octanol–water partition coefficient (Wildman–Crippen LogP) is 3.47. The summed E-state index contributed by atoms with van der Waals surface area (Å²) in [4.78, 5) is 12.2. The fourth-order valence-electron chi connectivity index (χ4n) is 2.08. The number of rotatable bonds is 5. The van der Waals surface area contributed by atoms with E-state index in [1.54, 1.807) is 30.7 Å². The van der Waals surface area contributed by atoms with E-state index >= 15 is 0 Å². The van der Waals surface area contributed by atoms with E-state index in [4.69, 9.17) is 4.42 Å². The standard InChI is InChI=1S/C16H14F2N4O2S/c1-9(15(23)19-12-8-10(17)5-6-11(12)18)25-16-21-20-14(22(16)2)13-4-3-7-24-13/h3-9H,1-2H3,(H,19,23). The highest BCUT2D eigenvalue weighted by Crippen LogP contribution is 2.26. The van der Waals surface area contributed by atoms with Crippen molar-refractivity contribution in [2.75, 3.05) is 5.32 Å². The fourth-order valence-corrected chi connectivity index (χ4v) is 2.89. The first-order valence-corrected chi connectivity index (χ1v) is 8.19. The van der Waals surface area contributed by atoms with E-state index in [0.717, 1.165) is 30.0 Å². The smallest absolute Gasteiger partial charge is 0.237 e. The van der Waals surface area contributed by atoms with Crippen LogP contribution in [0.4, 0.5) is 14.5 Å². The van der Waals surface area contributed by atoms with Gasteiger partial charge in [0.25, 0.3) is 0 Å². The van der Waals surface area contributed by atoms with Crippen molar-refractivity contribution in [1.29, 1.82) is 0 Å². The Bertz CT molecular complexity index is 896. The SMILES string of the molecule is CC(Sc1nnc(-c2ccco2)n1C)C(=O)Nc1cc(F)ccc1F. The molecule has 25 heavy (non-hydrogen) atoms. The van der Waals surface area contributed by atoms with Gasteiger partial charge in [0.15, 0.2) is 16.7 Å². The molecular weight excluding hydrogens is 350 g/mol. The summed E-state index contributed by atoms with van der Waals surface area (Å²) < 4.78 is 33.8. The van der Waals surface area contributed by atoms with Crippen LogP contribution >= 0.6 is 11.8 Å². The van der Waals surface area contributed by atoms with Crippen LogP contribution in [-0.4, -0.2) is 25.9 Å². The van der Waals surface area contributed by atoms with Crippen LogP contribution in [0.5, 0.6) is 0 Å². The summed E-state index contributed by atoms with van der Waals surface area (Å²) in [7, 11) is 1.75. The van der Waals surface area contributed by atoms with Crippen molar-refractivity contribution < 1.29 is 18.0 Å². The number of hydrogen-bond acceptors (Lipinski definition) is 5. The van der Waals surface area contributed by atoms with Gasteiger partial charge in [-0.05, 0) is 31.2 Å². The molecule has 0 aliphatic rings. The maximum atomic E-state index is 13.6. The lowest BCUT2D eigenvalue weighted by molar-refractivity contribution is -0.115. The van der Waals surface area contributed by atoms with Gasteiger partial charge in [-0.15, -0.1) is 10.2 Å². The Balaban J connectivity index is 1.71. The van der Waals surface area contributed by atoms with Crippen LogP contribution in [0.3, 0.4) is 0 Å². The number of nitrogens with zero attached hydrogens (tertiary/aromatic N) is 3. The minimum Gasteiger partial charge on any atom is -0.461 e. The monoisotopic (exact) mass is 364 g/mol. The third-order valence-corrected chi connectivity index (χ3v) is 4.55. The molecule has 0 fully saturated rings. The topological polar surface area (TPSA) is 73.0 Å². The van der Waals surface area contributed by atoms with Gasteiger partial charge < -0.3 is 14.3 Å². The summed E-state index contributed by atoms with van der Waals surface area (Å²) in [5, 5.41) is 10.3. The quantitative estimate of drug-likeness (QED) is 0.702. The third-order valence-electron chi connectivity index (χ3n) is 3.41. The fraction of sp³-hybridized carbons (Fsp3) is 0.188. The van der Waals surface area contributed by atoms with Crippen molar-refractivity contribution in [3.63, 3.8) is 0 Å². The van der Waals surface area contributed by atoms with E-state index in [1.807, 2.05) is 0 Å². The zero-order valence-electron chi connectivity index (χ0n) is 13.4. The highest BCUT2D eigenvalue weighted by Gasteiger charge is 2.21. The zero-order chi connectivity index (χ0) is 18.0. The van der Waals surface area contributed by atoms with E-state index < -0.39 is 22.8 Å². The number of benzene rings is 1. The van der Waals surface area contributed by atoms with Crippen LogP contribution < -0.4 is 5.32 Å². The predicted molar refractivity (Wildman–Crippen MR) is 89.0 cm³/mol. The Labute approximate surface area is 146 Å². The van der Waals surface area contributed by atoms with Crippen molar-refractivity contribution in [2.45, 2.75) is 17.3 Å². The molecule has 0 saturated heterocycles. The first-order valence-electron chi connectivity index (χ1n) is 7.31. The van der Waals surface area contributed by atoms with Gasteiger partial charge in [-0.3, -0.25) is 4.79 Å². The number of amides is 1. The summed E-state index contributed by atoms with van der Waals surface area (Å²) >= 11 is 1.15. The molecule has 0 saturated carbocycles. The highest BCUT2D eigenvalue weighted by molar-refractivity contribution is 8.00. The Hall–Kier alpha value is -2.68. The van der Waals surface area contributed by atoms with E-state index in [0.29, 0.717) is 16.7 Å². The molecule has 0 radical (unpaired) electrons. The minimum absolute atomic E-state index is 0.202. The van der Waals surface area contributed by atoms with Crippen LogP contribution in [0, 0.1) is 11.6 Å². The van der Waals surface area contributed by atoms with Gasteiger partial charge in [-0.1, -0.05) is 11.8 Å². The van der Waals surface area contributed by atoms with Gasteiger partial charge in [0.1, 0.15) is 11.6 Å². The molecule has 1 aromatic carbocycles. The van der Waals surface area contributed by atoms with E-state index in [-0.39, 0.29) is 5.69 Å². The maximum absolute atomic E-state index is 13.6. The van der Waals surface area contributed by atoms with Gasteiger partial charge in [0.2, 0.25) is 5.91 Å². The van der Waals surface area contributed by atoms with E-state index in [1.165, 1.54) is 6.26 Å². The van der Waals surface area contributed by atoms with Gasteiger partial charge in [0.05, 0.1) is 17.2 Å². The summed E-state index contributed by atoms with van der Waals surface area (Å²) in [6.07, 6.45) is 1.53. The molecule has 0 bridgehead atoms. The maximum Gasteiger partial charge on any atom is 0.237 e. The molecule has 2 aromatic heterocycles. The highest BCUT2D eigenvalue weighted by atomic mass is 32.2. The lowest BCUT2D eigenvalue weighted by Gasteiger charge is -2.12. The number of hydrogen-bond donors (Lipinski definition) is 1. The molecule has 0 spiro atoms. The van der Waals surface area contributed by atoms with Gasteiger partial charge in [-0.25, -0.2) is 8.78 Å². The number of carbonyl (C=O) groups is 1. The van der Waals surface area contributed by atoms with Crippen molar-refractivity contribution >= 4 is 23.4 Å². The second kappa shape index (κ2) is 7.06. The number of halogens is 2. The second-order valence-corrected chi connectivity index (χ2v) is 6.52. The average molecular weight is 364 g/mol. The summed E-state index contributed by atoms with van der Waals surface area (Å²) in [5.74, 6) is -0.728. The molecule has 1 amide bonds. The summed E-state index contributed by atoms with van der Waals surface area (Å²) in [5.41, 5.74) is -0.202. The molecule has 0 aliphatic carbocycles. The van der Waals surface area contributed by atoms with Crippen LogP contribution in [0.25, 0.3) is 11.6 Å². The van der Waals surface area contributed by atoms with Gasteiger partial charge in [0, 0.05) is 13.1 Å². The van der Waals surface area contributed by atoms with Crippen LogP contribution in [0.15, 0.2) is 46.2 Å². The van der Waals surface area contributed by atoms with E-state index in [9.17, 15) is 13.6 Å². The molecule has 3 aromatic rings. The molecule has 2 heterocycles. The lowest BCUT2D eigenvalue weighted by Crippen LogP contribution is -2.23. The number of thioether (sulfide) groups is 1. The molecule has 9 heteroatoms. The number of aromatic nitrogens is 3. The molecule has 3 rings (SSSR count). The van der Waals surface area contributed by atoms with Crippen molar-refractivity contribution in [3.05, 3.63) is 48.2 Å². The molecule has 130 valence electrons. The number of nitrogens with one attached hydrogen (secondary N) is 1.